The lowest BCUT2D eigenvalue weighted by Crippen LogP contribution is -2.12. The number of pyridine rings is 1. The van der Waals surface area contributed by atoms with Crippen molar-refractivity contribution >= 4 is 45.0 Å². The summed E-state index contributed by atoms with van der Waals surface area (Å²) in [6, 6.07) is 23.3. The summed E-state index contributed by atoms with van der Waals surface area (Å²) in [6.07, 6.45) is 1.70. The molecule has 5 aromatic rings. The second kappa shape index (κ2) is 10.3. The van der Waals surface area contributed by atoms with E-state index in [1.54, 1.807) is 32.4 Å². The molecule has 0 aliphatic rings. The number of para-hydroxylation sites is 1. The summed E-state index contributed by atoms with van der Waals surface area (Å²) in [5, 5.41) is 5.75. The van der Waals surface area contributed by atoms with Crippen molar-refractivity contribution in [3.8, 4) is 22.9 Å². The van der Waals surface area contributed by atoms with E-state index in [1.807, 2.05) is 42.5 Å². The number of fused-ring (bicyclic) bond motifs is 2. The molecule has 1 amide bonds. The Hall–Kier alpha value is -4.03. The van der Waals surface area contributed by atoms with Crippen LogP contribution in [0.15, 0.2) is 72.8 Å². The van der Waals surface area contributed by atoms with Gasteiger partial charge in [0.25, 0.3) is 0 Å². The number of aromatic nitrogens is 2. The standard InChI is InChI=1S/C29H26ClN3O3/c1-35-20-12-15-25(27(17-20)36-2)32-28(34)9-5-7-21-22-16-19(30)11-14-24(22)33-29(21)26-13-10-18-6-3-4-8-23(18)31-26/h3-4,6,8,10-17,33H,5,7,9H2,1-2H3,(H,32,34). The minimum absolute atomic E-state index is 0.0817. The lowest BCUT2D eigenvalue weighted by atomic mass is 10.0. The molecule has 0 aliphatic carbocycles. The van der Waals surface area contributed by atoms with Gasteiger partial charge in [0, 0.05) is 33.8 Å². The Morgan fingerprint density at radius 2 is 1.86 bits per heavy atom. The van der Waals surface area contributed by atoms with Gasteiger partial charge in [0.2, 0.25) is 5.91 Å². The fourth-order valence-electron chi connectivity index (χ4n) is 4.44. The zero-order valence-electron chi connectivity index (χ0n) is 20.1. The molecule has 0 fully saturated rings. The van der Waals surface area contributed by atoms with Crippen LogP contribution in [0.5, 0.6) is 11.5 Å². The van der Waals surface area contributed by atoms with E-state index in [0.717, 1.165) is 38.8 Å². The van der Waals surface area contributed by atoms with E-state index < -0.39 is 0 Å². The van der Waals surface area contributed by atoms with Gasteiger partial charge in [-0.2, -0.15) is 0 Å². The molecule has 3 aromatic carbocycles. The Kier molecular flexibility index (Phi) is 6.78. The topological polar surface area (TPSA) is 76.2 Å². The quantitative estimate of drug-likeness (QED) is 0.240. The Morgan fingerprint density at radius 1 is 1.00 bits per heavy atom. The van der Waals surface area contributed by atoms with Crippen LogP contribution in [0.4, 0.5) is 5.69 Å². The molecule has 2 aromatic heterocycles. The van der Waals surface area contributed by atoms with Crippen LogP contribution in [0, 0.1) is 0 Å². The van der Waals surface area contributed by atoms with Crippen molar-refractivity contribution in [1.82, 2.24) is 9.97 Å². The summed E-state index contributed by atoms with van der Waals surface area (Å²) in [5.74, 6) is 1.14. The molecule has 0 atom stereocenters. The monoisotopic (exact) mass is 499 g/mol. The van der Waals surface area contributed by atoms with Gasteiger partial charge in [-0.15, -0.1) is 0 Å². The van der Waals surface area contributed by atoms with E-state index in [2.05, 4.69) is 22.4 Å². The third-order valence-corrected chi connectivity index (χ3v) is 6.47. The van der Waals surface area contributed by atoms with Gasteiger partial charge in [0.15, 0.2) is 0 Å². The van der Waals surface area contributed by atoms with Crippen molar-refractivity contribution in [1.29, 1.82) is 0 Å². The third-order valence-electron chi connectivity index (χ3n) is 6.24. The number of benzene rings is 3. The zero-order valence-corrected chi connectivity index (χ0v) is 20.9. The first-order valence-corrected chi connectivity index (χ1v) is 12.1. The zero-order chi connectivity index (χ0) is 25.1. The van der Waals surface area contributed by atoms with Gasteiger partial charge in [0.05, 0.1) is 36.8 Å². The smallest absolute Gasteiger partial charge is 0.224 e. The van der Waals surface area contributed by atoms with Crippen LogP contribution >= 0.6 is 11.6 Å². The molecule has 0 saturated heterocycles. The number of methoxy groups -OCH3 is 2. The number of hydrogen-bond donors (Lipinski definition) is 2. The van der Waals surface area contributed by atoms with Crippen molar-refractivity contribution in [2.75, 3.05) is 19.5 Å². The van der Waals surface area contributed by atoms with Gasteiger partial charge in [0.1, 0.15) is 11.5 Å². The summed E-state index contributed by atoms with van der Waals surface area (Å²) in [6.45, 7) is 0. The summed E-state index contributed by atoms with van der Waals surface area (Å²) < 4.78 is 10.6. The maximum atomic E-state index is 12.7. The van der Waals surface area contributed by atoms with Crippen LogP contribution in [-0.2, 0) is 11.2 Å². The first-order valence-electron chi connectivity index (χ1n) is 11.7. The predicted octanol–water partition coefficient (Wildman–Crippen LogP) is 7.02. The number of carbonyl (C=O) groups excluding carboxylic acids is 1. The van der Waals surface area contributed by atoms with E-state index in [1.165, 1.54) is 0 Å². The second-order valence-corrected chi connectivity index (χ2v) is 8.96. The number of nitrogens with zero attached hydrogens (tertiary/aromatic N) is 1. The van der Waals surface area contributed by atoms with Gasteiger partial charge in [-0.25, -0.2) is 4.98 Å². The molecule has 0 bridgehead atoms. The second-order valence-electron chi connectivity index (χ2n) is 8.53. The number of H-pyrrole nitrogens is 1. The molecule has 6 nitrogen and oxygen atoms in total. The van der Waals surface area contributed by atoms with Crippen molar-refractivity contribution in [3.63, 3.8) is 0 Å². The van der Waals surface area contributed by atoms with Crippen molar-refractivity contribution < 1.29 is 14.3 Å². The Balaban J connectivity index is 1.38. The number of halogens is 1. The van der Waals surface area contributed by atoms with Crippen LogP contribution < -0.4 is 14.8 Å². The molecular formula is C29H26ClN3O3. The average molecular weight is 500 g/mol. The molecule has 5 rings (SSSR count). The molecule has 36 heavy (non-hydrogen) atoms. The Morgan fingerprint density at radius 3 is 2.69 bits per heavy atom. The summed E-state index contributed by atoms with van der Waals surface area (Å²) in [7, 11) is 3.15. The van der Waals surface area contributed by atoms with E-state index in [0.29, 0.717) is 41.5 Å². The van der Waals surface area contributed by atoms with Crippen LogP contribution in [0.2, 0.25) is 5.02 Å². The molecule has 0 unspecified atom stereocenters. The highest BCUT2D eigenvalue weighted by Crippen LogP contribution is 2.33. The van der Waals surface area contributed by atoms with E-state index in [-0.39, 0.29) is 5.91 Å². The molecular weight excluding hydrogens is 474 g/mol. The third kappa shape index (κ3) is 4.86. The molecule has 182 valence electrons. The SMILES string of the molecule is COc1ccc(NC(=O)CCCc2c(-c3ccc4ccccc4n3)[nH]c3ccc(Cl)cc23)c(OC)c1. The Labute approximate surface area is 214 Å². The summed E-state index contributed by atoms with van der Waals surface area (Å²) in [5.41, 5.74) is 5.46. The van der Waals surface area contributed by atoms with E-state index in [9.17, 15) is 4.79 Å². The van der Waals surface area contributed by atoms with Crippen molar-refractivity contribution in [2.45, 2.75) is 19.3 Å². The first-order chi connectivity index (χ1) is 17.6. The molecule has 2 heterocycles. The highest BCUT2D eigenvalue weighted by molar-refractivity contribution is 6.31. The van der Waals surface area contributed by atoms with Crippen molar-refractivity contribution in [2.24, 2.45) is 0 Å². The van der Waals surface area contributed by atoms with Crippen LogP contribution in [0.25, 0.3) is 33.2 Å². The molecule has 0 spiro atoms. The predicted molar refractivity (Wildman–Crippen MR) is 145 cm³/mol. The summed E-state index contributed by atoms with van der Waals surface area (Å²) in [4.78, 5) is 21.2. The average Bonchev–Trinajstić information content (AvgIpc) is 3.26. The lowest BCUT2D eigenvalue weighted by Gasteiger charge is -2.12. The number of aryl methyl sites for hydroxylation is 1. The van der Waals surface area contributed by atoms with Crippen LogP contribution in [-0.4, -0.2) is 30.1 Å². The van der Waals surface area contributed by atoms with Gasteiger partial charge < -0.3 is 19.8 Å². The number of rotatable bonds is 8. The first kappa shape index (κ1) is 23.7. The normalized spacial score (nSPS) is 11.1. The number of hydrogen-bond acceptors (Lipinski definition) is 4. The number of anilines is 1. The highest BCUT2D eigenvalue weighted by Gasteiger charge is 2.16. The number of aromatic amines is 1. The van der Waals surface area contributed by atoms with Gasteiger partial charge in [-0.1, -0.05) is 35.9 Å². The number of nitrogens with one attached hydrogen (secondary N) is 2. The highest BCUT2D eigenvalue weighted by atomic mass is 35.5. The largest absolute Gasteiger partial charge is 0.497 e. The van der Waals surface area contributed by atoms with E-state index >= 15 is 0 Å². The maximum absolute atomic E-state index is 12.7. The number of amides is 1. The van der Waals surface area contributed by atoms with Crippen LogP contribution in [0.3, 0.4) is 0 Å². The minimum atomic E-state index is -0.0817. The summed E-state index contributed by atoms with van der Waals surface area (Å²) >= 11 is 6.33. The maximum Gasteiger partial charge on any atom is 0.224 e. The molecule has 0 radical (unpaired) electrons. The molecule has 7 heteroatoms. The Bertz CT molecular complexity index is 1560. The molecule has 0 saturated carbocycles. The number of carbonyl (C=O) groups is 1. The van der Waals surface area contributed by atoms with E-state index in [4.69, 9.17) is 26.1 Å². The van der Waals surface area contributed by atoms with Gasteiger partial charge in [-0.05, 0) is 60.9 Å². The minimum Gasteiger partial charge on any atom is -0.497 e. The van der Waals surface area contributed by atoms with Crippen LogP contribution in [0.1, 0.15) is 18.4 Å². The molecule has 2 N–H and O–H groups in total. The fourth-order valence-corrected chi connectivity index (χ4v) is 4.62. The van der Waals surface area contributed by atoms with Crippen molar-refractivity contribution in [3.05, 3.63) is 83.4 Å². The fraction of sp³-hybridized carbons (Fsp3) is 0.172. The molecule has 0 aliphatic heterocycles. The lowest BCUT2D eigenvalue weighted by molar-refractivity contribution is -0.116. The van der Waals surface area contributed by atoms with Gasteiger partial charge >= 0.3 is 0 Å². The number of ether oxygens (including phenoxy) is 2. The van der Waals surface area contributed by atoms with Gasteiger partial charge in [-0.3, -0.25) is 4.79 Å².